The fourth-order valence-corrected chi connectivity index (χ4v) is 5.46. The zero-order chi connectivity index (χ0) is 18.0. The molecule has 2 aliphatic heterocycles. The highest BCUT2D eigenvalue weighted by Crippen LogP contribution is 2.49. The molecule has 3 aliphatic rings. The standard InChI is InChI=1S/C21H36N4O/c1-22-11-13-24(2)16-18-20(19-4-3-12-25(19)23-18)17-5-7-21(8-6-17)9-14-26-15-10-21/h17,22H,3-16H2,1-2H3. The lowest BCUT2D eigenvalue weighted by molar-refractivity contribution is -0.00773. The first-order valence-corrected chi connectivity index (χ1v) is 10.7. The fraction of sp³-hybridized carbons (Fsp3) is 0.857. The second-order valence-electron chi connectivity index (χ2n) is 8.86. The van der Waals surface area contributed by atoms with Crippen molar-refractivity contribution < 1.29 is 4.74 Å². The summed E-state index contributed by atoms with van der Waals surface area (Å²) in [6.45, 7) is 6.19. The monoisotopic (exact) mass is 360 g/mol. The molecule has 5 nitrogen and oxygen atoms in total. The van der Waals surface area contributed by atoms with Gasteiger partial charge in [-0.15, -0.1) is 0 Å². The summed E-state index contributed by atoms with van der Waals surface area (Å²) in [5.41, 5.74) is 5.16. The third-order valence-electron chi connectivity index (χ3n) is 7.13. The number of rotatable bonds is 6. The predicted molar refractivity (Wildman–Crippen MR) is 105 cm³/mol. The Labute approximate surface area is 158 Å². The number of aryl methyl sites for hydroxylation is 1. The lowest BCUT2D eigenvalue weighted by Crippen LogP contribution is -2.33. The van der Waals surface area contributed by atoms with Crippen molar-refractivity contribution in [2.75, 3.05) is 40.4 Å². The van der Waals surface area contributed by atoms with E-state index in [2.05, 4.69) is 21.9 Å². The van der Waals surface area contributed by atoms with Gasteiger partial charge in [-0.3, -0.25) is 9.58 Å². The van der Waals surface area contributed by atoms with Crippen LogP contribution in [0.3, 0.4) is 0 Å². The van der Waals surface area contributed by atoms with Gasteiger partial charge in [0.15, 0.2) is 0 Å². The molecule has 0 bridgehead atoms. The van der Waals surface area contributed by atoms with Crippen molar-refractivity contribution in [3.63, 3.8) is 0 Å². The maximum absolute atomic E-state index is 5.63. The van der Waals surface area contributed by atoms with Crippen molar-refractivity contribution in [2.45, 2.75) is 70.4 Å². The molecule has 0 unspecified atom stereocenters. The highest BCUT2D eigenvalue weighted by Gasteiger charge is 2.39. The number of nitrogens with zero attached hydrogens (tertiary/aromatic N) is 3. The van der Waals surface area contributed by atoms with E-state index in [-0.39, 0.29) is 0 Å². The van der Waals surface area contributed by atoms with Gasteiger partial charge in [0.05, 0.1) is 5.69 Å². The van der Waals surface area contributed by atoms with Crippen LogP contribution in [-0.4, -0.2) is 55.1 Å². The minimum absolute atomic E-state index is 0.592. The number of fused-ring (bicyclic) bond motifs is 1. The van der Waals surface area contributed by atoms with Crippen molar-refractivity contribution in [3.8, 4) is 0 Å². The molecule has 2 fully saturated rings. The van der Waals surface area contributed by atoms with Gasteiger partial charge in [-0.1, -0.05) is 0 Å². The van der Waals surface area contributed by atoms with Crippen LogP contribution >= 0.6 is 0 Å². The Bertz CT molecular complexity index is 595. The molecule has 146 valence electrons. The molecule has 26 heavy (non-hydrogen) atoms. The Morgan fingerprint density at radius 3 is 2.73 bits per heavy atom. The van der Waals surface area contributed by atoms with Crippen LogP contribution in [0.15, 0.2) is 0 Å². The summed E-state index contributed by atoms with van der Waals surface area (Å²) >= 11 is 0. The van der Waals surface area contributed by atoms with E-state index in [4.69, 9.17) is 9.84 Å². The molecule has 1 aliphatic carbocycles. The summed E-state index contributed by atoms with van der Waals surface area (Å²) in [6, 6.07) is 0. The quantitative estimate of drug-likeness (QED) is 0.847. The van der Waals surface area contributed by atoms with E-state index in [9.17, 15) is 0 Å². The summed E-state index contributed by atoms with van der Waals surface area (Å²) in [5.74, 6) is 0.734. The molecule has 1 spiro atoms. The Kier molecular flexibility index (Phi) is 5.67. The van der Waals surface area contributed by atoms with Gasteiger partial charge in [0.25, 0.3) is 0 Å². The van der Waals surface area contributed by atoms with E-state index in [0.29, 0.717) is 5.41 Å². The van der Waals surface area contributed by atoms with Gasteiger partial charge in [-0.25, -0.2) is 0 Å². The van der Waals surface area contributed by atoms with E-state index < -0.39 is 0 Å². The van der Waals surface area contributed by atoms with Crippen LogP contribution in [-0.2, 0) is 24.2 Å². The average Bonchev–Trinajstić information content (AvgIpc) is 3.23. The van der Waals surface area contributed by atoms with E-state index in [0.717, 1.165) is 45.3 Å². The molecule has 5 heteroatoms. The third kappa shape index (κ3) is 3.71. The van der Waals surface area contributed by atoms with Crippen molar-refractivity contribution in [3.05, 3.63) is 17.0 Å². The van der Waals surface area contributed by atoms with Crippen LogP contribution in [0.4, 0.5) is 0 Å². The van der Waals surface area contributed by atoms with Crippen molar-refractivity contribution in [1.82, 2.24) is 20.0 Å². The molecule has 1 N–H and O–H groups in total. The summed E-state index contributed by atoms with van der Waals surface area (Å²) < 4.78 is 7.96. The van der Waals surface area contributed by atoms with Gasteiger partial charge in [0.2, 0.25) is 0 Å². The van der Waals surface area contributed by atoms with Crippen molar-refractivity contribution in [1.29, 1.82) is 0 Å². The summed E-state index contributed by atoms with van der Waals surface area (Å²) in [6.07, 6.45) is 10.6. The summed E-state index contributed by atoms with van der Waals surface area (Å²) in [4.78, 5) is 2.42. The van der Waals surface area contributed by atoms with Crippen molar-refractivity contribution in [2.24, 2.45) is 5.41 Å². The molecule has 0 atom stereocenters. The molecular formula is C21H36N4O. The van der Waals surface area contributed by atoms with Crippen LogP contribution in [0.1, 0.15) is 67.8 Å². The third-order valence-corrected chi connectivity index (χ3v) is 7.13. The van der Waals surface area contributed by atoms with Gasteiger partial charge in [0.1, 0.15) is 0 Å². The molecular weight excluding hydrogens is 324 g/mol. The largest absolute Gasteiger partial charge is 0.381 e. The first kappa shape index (κ1) is 18.5. The Balaban J connectivity index is 1.48. The Morgan fingerprint density at radius 1 is 1.23 bits per heavy atom. The summed E-state index contributed by atoms with van der Waals surface area (Å²) in [5, 5.41) is 8.31. The smallest absolute Gasteiger partial charge is 0.0802 e. The lowest BCUT2D eigenvalue weighted by atomic mass is 9.65. The highest BCUT2D eigenvalue weighted by molar-refractivity contribution is 5.33. The molecule has 0 aromatic carbocycles. The van der Waals surface area contributed by atoms with Gasteiger partial charge in [-0.2, -0.15) is 5.10 Å². The highest BCUT2D eigenvalue weighted by atomic mass is 16.5. The minimum Gasteiger partial charge on any atom is -0.381 e. The number of hydrogen-bond acceptors (Lipinski definition) is 4. The molecule has 1 saturated heterocycles. The fourth-order valence-electron chi connectivity index (χ4n) is 5.46. The second-order valence-corrected chi connectivity index (χ2v) is 8.86. The topological polar surface area (TPSA) is 42.3 Å². The maximum Gasteiger partial charge on any atom is 0.0802 e. The molecule has 1 saturated carbocycles. The number of aromatic nitrogens is 2. The maximum atomic E-state index is 5.63. The second kappa shape index (κ2) is 7.99. The minimum atomic E-state index is 0.592. The van der Waals surface area contributed by atoms with E-state index in [1.807, 2.05) is 7.05 Å². The van der Waals surface area contributed by atoms with Crippen LogP contribution in [0.2, 0.25) is 0 Å². The molecule has 4 rings (SSSR count). The van der Waals surface area contributed by atoms with Crippen LogP contribution in [0, 0.1) is 5.41 Å². The molecule has 0 amide bonds. The van der Waals surface area contributed by atoms with Crippen molar-refractivity contribution >= 4 is 0 Å². The summed E-state index contributed by atoms with van der Waals surface area (Å²) in [7, 11) is 4.25. The van der Waals surface area contributed by atoms with E-state index >= 15 is 0 Å². The lowest BCUT2D eigenvalue weighted by Gasteiger charge is -2.43. The van der Waals surface area contributed by atoms with E-state index in [1.165, 1.54) is 57.1 Å². The van der Waals surface area contributed by atoms with Crippen LogP contribution < -0.4 is 5.32 Å². The Hall–Kier alpha value is -0.910. The van der Waals surface area contributed by atoms with Crippen LogP contribution in [0.5, 0.6) is 0 Å². The van der Waals surface area contributed by atoms with Gasteiger partial charge >= 0.3 is 0 Å². The molecule has 1 aromatic heterocycles. The zero-order valence-electron chi connectivity index (χ0n) is 16.7. The zero-order valence-corrected chi connectivity index (χ0v) is 16.7. The van der Waals surface area contributed by atoms with Gasteiger partial charge in [-0.05, 0) is 76.8 Å². The average molecular weight is 361 g/mol. The number of nitrogens with one attached hydrogen (secondary N) is 1. The first-order valence-electron chi connectivity index (χ1n) is 10.7. The predicted octanol–water partition coefficient (Wildman–Crippen LogP) is 2.93. The normalized spacial score (nSPS) is 23.0. The number of ether oxygens (including phenoxy) is 1. The Morgan fingerprint density at radius 2 is 2.00 bits per heavy atom. The first-order chi connectivity index (χ1) is 12.7. The van der Waals surface area contributed by atoms with Crippen LogP contribution in [0.25, 0.3) is 0 Å². The SMILES string of the molecule is CNCCN(C)Cc1nn2c(c1C1CCC3(CCOCC3)CC1)CCC2. The molecule has 3 heterocycles. The van der Waals surface area contributed by atoms with Gasteiger partial charge < -0.3 is 10.1 Å². The number of hydrogen-bond donors (Lipinski definition) is 1. The number of likely N-dealkylation sites (N-methyl/N-ethyl adjacent to an activating group) is 2. The molecule has 0 radical (unpaired) electrons. The van der Waals surface area contributed by atoms with E-state index in [1.54, 1.807) is 11.3 Å². The molecule has 1 aromatic rings. The van der Waals surface area contributed by atoms with Gasteiger partial charge in [0, 0.05) is 50.7 Å².